The number of nitrogens with zero attached hydrogens (tertiary/aromatic N) is 1. The van der Waals surface area contributed by atoms with Gasteiger partial charge in [-0.15, -0.1) is 0 Å². The van der Waals surface area contributed by atoms with Crippen LogP contribution in [0.2, 0.25) is 0 Å². The van der Waals surface area contributed by atoms with Crippen molar-refractivity contribution < 1.29 is 14.6 Å². The lowest BCUT2D eigenvalue weighted by molar-refractivity contribution is -0.134. The van der Waals surface area contributed by atoms with Crippen LogP contribution in [0.3, 0.4) is 0 Å². The topological polar surface area (TPSA) is 59.4 Å². The van der Waals surface area contributed by atoms with Crippen LogP contribution in [0.5, 0.6) is 5.75 Å². The number of rotatable bonds is 1. The number of aromatic nitrogens is 1. The van der Waals surface area contributed by atoms with E-state index in [1.54, 1.807) is 31.6 Å². The molecule has 1 N–H and O–H groups in total. The van der Waals surface area contributed by atoms with Crippen LogP contribution in [-0.2, 0) is 4.79 Å². The second-order valence-corrected chi connectivity index (χ2v) is 1.91. The zero-order valence-electron chi connectivity index (χ0n) is 7.02. The van der Waals surface area contributed by atoms with Crippen LogP contribution in [0.1, 0.15) is 6.92 Å². The largest absolute Gasteiger partial charge is 0.497 e. The first-order chi connectivity index (χ1) is 5.66. The van der Waals surface area contributed by atoms with Crippen molar-refractivity contribution in [1.29, 1.82) is 0 Å². The summed E-state index contributed by atoms with van der Waals surface area (Å²) in [5, 5.41) is 7.42. The minimum absolute atomic E-state index is 0.833. The van der Waals surface area contributed by atoms with Crippen molar-refractivity contribution in [2.24, 2.45) is 0 Å². The maximum atomic E-state index is 9.00. The molecule has 0 radical (unpaired) electrons. The first-order valence-electron chi connectivity index (χ1n) is 3.30. The molecular formula is C8H11NO3. The average Bonchev–Trinajstić information content (AvgIpc) is 2.05. The highest BCUT2D eigenvalue weighted by Gasteiger charge is 1.81. The minimum Gasteiger partial charge on any atom is -0.497 e. The molecule has 4 heteroatoms. The third kappa shape index (κ3) is 6.54. The first kappa shape index (κ1) is 10.4. The Labute approximate surface area is 70.8 Å². The number of aliphatic carboxylic acids is 1. The van der Waals surface area contributed by atoms with Gasteiger partial charge in [-0.3, -0.25) is 9.78 Å². The van der Waals surface area contributed by atoms with Gasteiger partial charge in [0.1, 0.15) is 5.75 Å². The van der Waals surface area contributed by atoms with Crippen molar-refractivity contribution in [2.75, 3.05) is 7.11 Å². The van der Waals surface area contributed by atoms with Crippen molar-refractivity contribution in [1.82, 2.24) is 4.98 Å². The molecule has 0 saturated heterocycles. The van der Waals surface area contributed by atoms with Crippen LogP contribution in [0.4, 0.5) is 0 Å². The van der Waals surface area contributed by atoms with E-state index < -0.39 is 5.97 Å². The molecule has 0 unspecified atom stereocenters. The van der Waals surface area contributed by atoms with Crippen LogP contribution >= 0.6 is 0 Å². The summed E-state index contributed by atoms with van der Waals surface area (Å²) < 4.78 is 4.87. The molecule has 0 aliphatic rings. The summed E-state index contributed by atoms with van der Waals surface area (Å²) in [6.07, 6.45) is 3.39. The van der Waals surface area contributed by atoms with Crippen LogP contribution in [0.25, 0.3) is 0 Å². The normalized spacial score (nSPS) is 7.83. The number of carbonyl (C=O) groups is 1. The van der Waals surface area contributed by atoms with Crippen molar-refractivity contribution in [3.8, 4) is 5.75 Å². The van der Waals surface area contributed by atoms with E-state index in [1.165, 1.54) is 0 Å². The molecule has 0 aromatic carbocycles. The fraction of sp³-hybridized carbons (Fsp3) is 0.250. The molecule has 1 aromatic heterocycles. The van der Waals surface area contributed by atoms with E-state index in [1.807, 2.05) is 0 Å². The maximum Gasteiger partial charge on any atom is 0.300 e. The van der Waals surface area contributed by atoms with Gasteiger partial charge in [-0.2, -0.15) is 0 Å². The van der Waals surface area contributed by atoms with E-state index in [4.69, 9.17) is 14.6 Å². The van der Waals surface area contributed by atoms with Crippen molar-refractivity contribution in [3.63, 3.8) is 0 Å². The number of hydrogen-bond donors (Lipinski definition) is 1. The lowest BCUT2D eigenvalue weighted by Gasteiger charge is -1.93. The van der Waals surface area contributed by atoms with Gasteiger partial charge in [0.2, 0.25) is 0 Å². The Morgan fingerprint density at radius 1 is 1.50 bits per heavy atom. The number of methoxy groups -OCH3 is 1. The average molecular weight is 169 g/mol. The van der Waals surface area contributed by atoms with Crippen molar-refractivity contribution >= 4 is 5.97 Å². The zero-order valence-corrected chi connectivity index (χ0v) is 7.02. The monoisotopic (exact) mass is 169 g/mol. The molecule has 0 aliphatic carbocycles. The van der Waals surface area contributed by atoms with E-state index in [-0.39, 0.29) is 0 Å². The number of hydrogen-bond acceptors (Lipinski definition) is 3. The van der Waals surface area contributed by atoms with Crippen LogP contribution in [-0.4, -0.2) is 23.2 Å². The molecule has 1 rings (SSSR count). The van der Waals surface area contributed by atoms with Gasteiger partial charge in [0.05, 0.1) is 7.11 Å². The molecule has 0 atom stereocenters. The Morgan fingerprint density at radius 2 is 1.92 bits per heavy atom. The molecule has 0 bridgehead atoms. The molecule has 1 heterocycles. The van der Waals surface area contributed by atoms with Gasteiger partial charge in [-0.1, -0.05) is 0 Å². The fourth-order valence-electron chi connectivity index (χ4n) is 0.474. The maximum absolute atomic E-state index is 9.00. The van der Waals surface area contributed by atoms with Gasteiger partial charge >= 0.3 is 0 Å². The fourth-order valence-corrected chi connectivity index (χ4v) is 0.474. The molecular weight excluding hydrogens is 158 g/mol. The molecule has 1 aromatic rings. The predicted octanol–water partition coefficient (Wildman–Crippen LogP) is 1.18. The van der Waals surface area contributed by atoms with Gasteiger partial charge in [0.25, 0.3) is 5.97 Å². The molecule has 0 saturated carbocycles. The van der Waals surface area contributed by atoms with Gasteiger partial charge < -0.3 is 9.84 Å². The van der Waals surface area contributed by atoms with Crippen LogP contribution in [0.15, 0.2) is 24.5 Å². The Balaban J connectivity index is 0.000000261. The van der Waals surface area contributed by atoms with Gasteiger partial charge in [-0.05, 0) is 12.1 Å². The van der Waals surface area contributed by atoms with Crippen molar-refractivity contribution in [2.45, 2.75) is 6.92 Å². The van der Waals surface area contributed by atoms with E-state index >= 15 is 0 Å². The highest BCUT2D eigenvalue weighted by atomic mass is 16.5. The van der Waals surface area contributed by atoms with Crippen molar-refractivity contribution in [3.05, 3.63) is 24.5 Å². The standard InChI is InChI=1S/C6H7NO.C2H4O2/c1-8-6-2-4-7-5-3-6;1-2(3)4/h2-5H,1H3;1H3,(H,3,4). The lowest BCUT2D eigenvalue weighted by Crippen LogP contribution is -1.80. The number of pyridine rings is 1. The summed E-state index contributed by atoms with van der Waals surface area (Å²) in [5.74, 6) is 0.0139. The second-order valence-electron chi connectivity index (χ2n) is 1.91. The third-order valence-electron chi connectivity index (χ3n) is 0.885. The molecule has 0 amide bonds. The SMILES string of the molecule is CC(=O)O.COc1ccncc1. The Bertz CT molecular complexity index is 219. The highest BCUT2D eigenvalue weighted by molar-refractivity contribution is 5.62. The lowest BCUT2D eigenvalue weighted by atomic mass is 10.5. The summed E-state index contributed by atoms with van der Waals surface area (Å²) in [7, 11) is 1.63. The van der Waals surface area contributed by atoms with E-state index in [0.29, 0.717) is 0 Å². The second kappa shape index (κ2) is 6.15. The van der Waals surface area contributed by atoms with Crippen LogP contribution < -0.4 is 4.74 Å². The third-order valence-corrected chi connectivity index (χ3v) is 0.885. The molecule has 0 spiro atoms. The zero-order chi connectivity index (χ0) is 9.40. The predicted molar refractivity (Wildman–Crippen MR) is 44.1 cm³/mol. The number of carboxylic acid groups (broad SMARTS) is 1. The summed E-state index contributed by atoms with van der Waals surface area (Å²) in [4.78, 5) is 12.8. The first-order valence-corrected chi connectivity index (χ1v) is 3.30. The summed E-state index contributed by atoms with van der Waals surface area (Å²) in [6, 6.07) is 3.61. The van der Waals surface area contributed by atoms with E-state index in [0.717, 1.165) is 12.7 Å². The Hall–Kier alpha value is -1.58. The smallest absolute Gasteiger partial charge is 0.300 e. The molecule has 0 aliphatic heterocycles. The summed E-state index contributed by atoms with van der Waals surface area (Å²) >= 11 is 0. The van der Waals surface area contributed by atoms with E-state index in [9.17, 15) is 0 Å². The van der Waals surface area contributed by atoms with Crippen LogP contribution in [0, 0.1) is 0 Å². The molecule has 12 heavy (non-hydrogen) atoms. The minimum atomic E-state index is -0.833. The highest BCUT2D eigenvalue weighted by Crippen LogP contribution is 2.03. The van der Waals surface area contributed by atoms with E-state index in [2.05, 4.69) is 4.98 Å². The Morgan fingerprint density at radius 3 is 2.17 bits per heavy atom. The van der Waals surface area contributed by atoms with Gasteiger partial charge in [0.15, 0.2) is 0 Å². The quantitative estimate of drug-likeness (QED) is 0.685. The Kier molecular flexibility index (Phi) is 5.34. The summed E-state index contributed by atoms with van der Waals surface area (Å²) in [6.45, 7) is 1.08. The van der Waals surface area contributed by atoms with Gasteiger partial charge in [0, 0.05) is 19.3 Å². The number of carboxylic acids is 1. The molecule has 4 nitrogen and oxygen atoms in total. The molecule has 66 valence electrons. The summed E-state index contributed by atoms with van der Waals surface area (Å²) in [5.41, 5.74) is 0. The van der Waals surface area contributed by atoms with Gasteiger partial charge in [-0.25, -0.2) is 0 Å². The molecule has 0 fully saturated rings. The number of ether oxygens (including phenoxy) is 1.